The largest absolute Gasteiger partial charge is 0.374 e. The highest BCUT2D eigenvalue weighted by atomic mass is 79.9. The molecule has 4 aromatic rings. The van der Waals surface area contributed by atoms with Crippen LogP contribution in [0.2, 0.25) is 0 Å². The highest BCUT2D eigenvalue weighted by Gasteiger charge is 2.26. The molecule has 1 unspecified atom stereocenters. The average molecular weight is 469 g/mol. The zero-order valence-electron chi connectivity index (χ0n) is 14.0. The number of hydrogen-bond acceptors (Lipinski definition) is 2. The number of aromatic nitrogens is 2. The monoisotopic (exact) mass is 467 g/mol. The van der Waals surface area contributed by atoms with Gasteiger partial charge >= 0.3 is 0 Å². The first-order chi connectivity index (χ1) is 12.6. The molecule has 0 radical (unpaired) electrons. The van der Waals surface area contributed by atoms with Crippen molar-refractivity contribution in [2.24, 2.45) is 0 Å². The summed E-state index contributed by atoms with van der Waals surface area (Å²) in [5, 5.41) is 4.94. The van der Waals surface area contributed by atoms with E-state index in [2.05, 4.69) is 103 Å². The van der Waals surface area contributed by atoms with Gasteiger partial charge in [-0.3, -0.25) is 0 Å². The quantitative estimate of drug-likeness (QED) is 0.331. The van der Waals surface area contributed by atoms with E-state index in [0.717, 1.165) is 20.3 Å². The van der Waals surface area contributed by atoms with Crippen LogP contribution in [0, 0.1) is 6.92 Å². The first-order valence-corrected chi connectivity index (χ1v) is 9.99. The molecular formula is C21H15Br2N3. The Morgan fingerprint density at radius 1 is 1.00 bits per heavy atom. The fourth-order valence-corrected chi connectivity index (χ4v) is 4.93. The second-order valence-corrected chi connectivity index (χ2v) is 8.27. The van der Waals surface area contributed by atoms with Gasteiger partial charge in [-0.05, 0) is 47.9 Å². The Morgan fingerprint density at radius 3 is 2.58 bits per heavy atom. The molecule has 5 rings (SSSR count). The molecule has 2 aromatic heterocycles. The van der Waals surface area contributed by atoms with Gasteiger partial charge in [0.25, 0.3) is 0 Å². The third-order valence-electron chi connectivity index (χ3n) is 5.07. The van der Waals surface area contributed by atoms with Gasteiger partial charge in [0.05, 0.1) is 6.04 Å². The zero-order chi connectivity index (χ0) is 17.8. The normalized spacial score (nSPS) is 15.4. The van der Waals surface area contributed by atoms with Gasteiger partial charge in [0, 0.05) is 43.5 Å². The zero-order valence-corrected chi connectivity index (χ0v) is 17.1. The molecule has 0 saturated heterocycles. The molecule has 5 heteroatoms. The average Bonchev–Trinajstić information content (AvgIpc) is 3.01. The van der Waals surface area contributed by atoms with Crippen LogP contribution in [-0.2, 0) is 0 Å². The van der Waals surface area contributed by atoms with Crippen molar-refractivity contribution in [2.45, 2.75) is 13.0 Å². The minimum absolute atomic E-state index is 0.0311. The Morgan fingerprint density at radius 2 is 1.77 bits per heavy atom. The van der Waals surface area contributed by atoms with Crippen LogP contribution in [0.15, 0.2) is 63.8 Å². The van der Waals surface area contributed by atoms with Crippen LogP contribution < -0.4 is 5.32 Å². The Hall–Kier alpha value is -2.11. The van der Waals surface area contributed by atoms with E-state index >= 15 is 0 Å². The van der Waals surface area contributed by atoms with E-state index in [1.807, 2.05) is 6.20 Å². The number of para-hydroxylation sites is 1. The standard InChI is InChI=1S/C21H15Br2N3/c1-11-16(22)8-12(9-17(11)23)20-15-10-25-21-19(15)14(6-7-24-21)13-4-2-3-5-18(13)26-20/h2-10,20,26H,1H3,(H,24,25). The van der Waals surface area contributed by atoms with Crippen molar-refractivity contribution in [1.29, 1.82) is 0 Å². The lowest BCUT2D eigenvalue weighted by molar-refractivity contribution is 0.948. The predicted molar refractivity (Wildman–Crippen MR) is 114 cm³/mol. The van der Waals surface area contributed by atoms with Crippen LogP contribution in [-0.4, -0.2) is 9.97 Å². The summed E-state index contributed by atoms with van der Waals surface area (Å²) < 4.78 is 2.19. The molecule has 128 valence electrons. The van der Waals surface area contributed by atoms with Crippen molar-refractivity contribution in [3.63, 3.8) is 0 Å². The molecular weight excluding hydrogens is 454 g/mol. The molecule has 0 spiro atoms. The van der Waals surface area contributed by atoms with E-state index in [0.29, 0.717) is 0 Å². The number of nitrogens with one attached hydrogen (secondary N) is 2. The Labute approximate surface area is 168 Å². The topological polar surface area (TPSA) is 40.7 Å². The SMILES string of the molecule is Cc1c(Br)cc(C2Nc3ccccc3-c3ccnc4[nH]cc2c34)cc1Br. The minimum atomic E-state index is 0.0311. The van der Waals surface area contributed by atoms with E-state index in [1.165, 1.54) is 33.2 Å². The van der Waals surface area contributed by atoms with Gasteiger partial charge in [-0.1, -0.05) is 50.1 Å². The second-order valence-electron chi connectivity index (χ2n) is 6.56. The smallest absolute Gasteiger partial charge is 0.138 e. The molecule has 0 fully saturated rings. The van der Waals surface area contributed by atoms with E-state index in [4.69, 9.17) is 0 Å². The van der Waals surface area contributed by atoms with E-state index in [1.54, 1.807) is 0 Å². The van der Waals surface area contributed by atoms with Crippen molar-refractivity contribution < 1.29 is 0 Å². The number of H-pyrrole nitrogens is 1. The maximum atomic E-state index is 4.53. The molecule has 2 N–H and O–H groups in total. The summed E-state index contributed by atoms with van der Waals surface area (Å²) in [6, 6.07) is 15.0. The number of halogens is 2. The molecule has 3 nitrogen and oxygen atoms in total. The fourth-order valence-electron chi connectivity index (χ4n) is 3.71. The Bertz CT molecular complexity index is 1140. The molecule has 1 aliphatic rings. The van der Waals surface area contributed by atoms with Gasteiger partial charge in [-0.15, -0.1) is 0 Å². The highest BCUT2D eigenvalue weighted by molar-refractivity contribution is 9.11. The molecule has 1 atom stereocenters. The Balaban J connectivity index is 1.83. The van der Waals surface area contributed by atoms with Crippen molar-refractivity contribution in [3.8, 4) is 11.1 Å². The van der Waals surface area contributed by atoms with E-state index < -0.39 is 0 Å². The molecule has 2 aromatic carbocycles. The van der Waals surface area contributed by atoms with Gasteiger partial charge in [0.2, 0.25) is 0 Å². The fraction of sp³-hybridized carbons (Fsp3) is 0.0952. The van der Waals surface area contributed by atoms with Gasteiger partial charge in [-0.2, -0.15) is 0 Å². The molecule has 0 saturated carbocycles. The van der Waals surface area contributed by atoms with Crippen molar-refractivity contribution in [3.05, 3.63) is 80.5 Å². The first-order valence-electron chi connectivity index (χ1n) is 8.41. The van der Waals surface area contributed by atoms with Crippen LogP contribution in [0.1, 0.15) is 22.7 Å². The summed E-state index contributed by atoms with van der Waals surface area (Å²) in [6.45, 7) is 2.10. The number of rotatable bonds is 1. The molecule has 3 heterocycles. The number of anilines is 1. The van der Waals surface area contributed by atoms with Crippen LogP contribution in [0.4, 0.5) is 5.69 Å². The van der Waals surface area contributed by atoms with Gasteiger partial charge in [-0.25, -0.2) is 4.98 Å². The van der Waals surface area contributed by atoms with Crippen molar-refractivity contribution >= 4 is 48.6 Å². The summed E-state index contributed by atoms with van der Waals surface area (Å²) >= 11 is 7.39. The Kier molecular flexibility index (Phi) is 3.69. The third kappa shape index (κ3) is 2.34. The second kappa shape index (κ2) is 5.96. The van der Waals surface area contributed by atoms with Crippen LogP contribution in [0.3, 0.4) is 0 Å². The van der Waals surface area contributed by atoms with Gasteiger partial charge < -0.3 is 10.3 Å². The van der Waals surface area contributed by atoms with Crippen molar-refractivity contribution in [2.75, 3.05) is 5.32 Å². The summed E-state index contributed by atoms with van der Waals surface area (Å²) in [5.41, 5.74) is 8.07. The van der Waals surface area contributed by atoms with Crippen LogP contribution in [0.25, 0.3) is 22.2 Å². The lowest BCUT2D eigenvalue weighted by atomic mass is 9.96. The molecule has 1 aliphatic heterocycles. The lowest BCUT2D eigenvalue weighted by Gasteiger charge is -2.21. The van der Waals surface area contributed by atoms with Crippen LogP contribution >= 0.6 is 31.9 Å². The summed E-state index contributed by atoms with van der Waals surface area (Å²) in [4.78, 5) is 7.88. The summed E-state index contributed by atoms with van der Waals surface area (Å²) in [6.07, 6.45) is 3.94. The number of hydrogen-bond donors (Lipinski definition) is 2. The lowest BCUT2D eigenvalue weighted by Crippen LogP contribution is -2.11. The van der Waals surface area contributed by atoms with Crippen LogP contribution in [0.5, 0.6) is 0 Å². The van der Waals surface area contributed by atoms with Crippen molar-refractivity contribution in [1.82, 2.24) is 9.97 Å². The number of aromatic amines is 1. The molecule has 0 aliphatic carbocycles. The summed E-state index contributed by atoms with van der Waals surface area (Å²) in [7, 11) is 0. The highest BCUT2D eigenvalue weighted by Crippen LogP contribution is 2.44. The number of nitrogens with zero attached hydrogens (tertiary/aromatic N) is 1. The number of benzene rings is 2. The third-order valence-corrected chi connectivity index (χ3v) is 6.72. The maximum absolute atomic E-state index is 4.53. The number of fused-ring (bicyclic) bond motifs is 2. The van der Waals surface area contributed by atoms with E-state index in [-0.39, 0.29) is 6.04 Å². The van der Waals surface area contributed by atoms with E-state index in [9.17, 15) is 0 Å². The first kappa shape index (κ1) is 16.1. The minimum Gasteiger partial charge on any atom is -0.374 e. The molecule has 0 bridgehead atoms. The van der Waals surface area contributed by atoms with Gasteiger partial charge in [0.15, 0.2) is 0 Å². The maximum Gasteiger partial charge on any atom is 0.138 e. The number of pyridine rings is 1. The summed E-state index contributed by atoms with van der Waals surface area (Å²) in [5.74, 6) is 0. The van der Waals surface area contributed by atoms with Gasteiger partial charge in [0.1, 0.15) is 5.65 Å². The molecule has 0 amide bonds. The predicted octanol–water partition coefficient (Wildman–Crippen LogP) is 6.58. The molecule has 26 heavy (non-hydrogen) atoms.